The minimum atomic E-state index is -0.274. The quantitative estimate of drug-likeness (QED) is 0.620. The van der Waals surface area contributed by atoms with E-state index in [1.165, 1.54) is 0 Å². The fourth-order valence-corrected chi connectivity index (χ4v) is 4.66. The number of nitrogens with zero attached hydrogens (tertiary/aromatic N) is 3. The summed E-state index contributed by atoms with van der Waals surface area (Å²) in [6, 6.07) is 9.77. The van der Waals surface area contributed by atoms with Crippen molar-refractivity contribution in [2.24, 2.45) is 11.3 Å². The molecule has 174 valence electrons. The Bertz CT molecular complexity index is 693. The number of amides is 2. The Labute approximate surface area is 189 Å². The monoisotopic (exact) mass is 430 g/mol. The normalized spacial score (nSPS) is 16.9. The third kappa shape index (κ3) is 7.32. The van der Waals surface area contributed by atoms with Crippen molar-refractivity contribution >= 4 is 11.8 Å². The van der Waals surface area contributed by atoms with Crippen LogP contribution in [-0.2, 0) is 9.59 Å². The molecule has 0 unspecified atom stereocenters. The highest BCUT2D eigenvalue weighted by Crippen LogP contribution is 2.29. The van der Waals surface area contributed by atoms with E-state index in [0.29, 0.717) is 19.6 Å². The number of likely N-dealkylation sites (N-methyl/N-ethyl adjacent to an activating group) is 1. The van der Waals surface area contributed by atoms with Gasteiger partial charge in [-0.05, 0) is 64.9 Å². The Kier molecular flexibility index (Phi) is 9.51. The number of nitrogens with one attached hydrogen (secondary N) is 1. The molecule has 6 heteroatoms. The maximum atomic E-state index is 13.3. The lowest BCUT2D eigenvalue weighted by Gasteiger charge is -2.38. The second-order valence-corrected chi connectivity index (χ2v) is 9.75. The molecule has 0 bridgehead atoms. The number of carbonyl (C=O) groups is 2. The third-order valence-corrected chi connectivity index (χ3v) is 6.18. The van der Waals surface area contributed by atoms with E-state index in [0.717, 1.165) is 38.0 Å². The summed E-state index contributed by atoms with van der Waals surface area (Å²) in [6.45, 7) is 12.9. The molecule has 0 spiro atoms. The first-order valence-corrected chi connectivity index (χ1v) is 11.7. The van der Waals surface area contributed by atoms with Gasteiger partial charge in [-0.1, -0.05) is 44.2 Å². The van der Waals surface area contributed by atoms with Crippen molar-refractivity contribution in [3.63, 3.8) is 0 Å². The molecular weight excluding hydrogens is 388 g/mol. The van der Waals surface area contributed by atoms with Crippen LogP contribution < -0.4 is 5.32 Å². The lowest BCUT2D eigenvalue weighted by molar-refractivity contribution is -0.138. The molecule has 1 N–H and O–H groups in total. The molecule has 2 amide bonds. The topological polar surface area (TPSA) is 55.9 Å². The van der Waals surface area contributed by atoms with Crippen molar-refractivity contribution in [2.45, 2.75) is 46.6 Å². The first kappa shape index (κ1) is 25.3. The molecular formula is C25H42N4O2. The fraction of sp³-hybridized carbons (Fsp3) is 0.680. The van der Waals surface area contributed by atoms with E-state index in [9.17, 15) is 9.59 Å². The van der Waals surface area contributed by atoms with Crippen LogP contribution in [0.15, 0.2) is 30.3 Å². The molecule has 1 aliphatic heterocycles. The average molecular weight is 431 g/mol. The van der Waals surface area contributed by atoms with Gasteiger partial charge in [0.25, 0.3) is 0 Å². The van der Waals surface area contributed by atoms with Gasteiger partial charge in [0.2, 0.25) is 11.8 Å². The molecule has 1 aromatic carbocycles. The van der Waals surface area contributed by atoms with Gasteiger partial charge in [-0.3, -0.25) is 14.5 Å². The molecule has 0 saturated carbocycles. The Balaban J connectivity index is 2.00. The van der Waals surface area contributed by atoms with Gasteiger partial charge in [0.05, 0.1) is 0 Å². The highest BCUT2D eigenvalue weighted by atomic mass is 16.2. The van der Waals surface area contributed by atoms with Crippen LogP contribution >= 0.6 is 0 Å². The van der Waals surface area contributed by atoms with Crippen molar-refractivity contribution < 1.29 is 9.59 Å². The smallest absolute Gasteiger partial charge is 0.244 e. The van der Waals surface area contributed by atoms with Gasteiger partial charge < -0.3 is 15.1 Å². The summed E-state index contributed by atoms with van der Waals surface area (Å²) in [5, 5.41) is 3.17. The van der Waals surface area contributed by atoms with Gasteiger partial charge in [0.15, 0.2) is 0 Å². The van der Waals surface area contributed by atoms with Crippen molar-refractivity contribution in [3.8, 4) is 0 Å². The van der Waals surface area contributed by atoms with Crippen molar-refractivity contribution in [1.29, 1.82) is 0 Å². The van der Waals surface area contributed by atoms with E-state index in [4.69, 9.17) is 0 Å². The summed E-state index contributed by atoms with van der Waals surface area (Å²) in [4.78, 5) is 32.4. The molecule has 31 heavy (non-hydrogen) atoms. The molecule has 1 fully saturated rings. The molecule has 1 aromatic rings. The lowest BCUT2D eigenvalue weighted by Crippen LogP contribution is -2.48. The van der Waals surface area contributed by atoms with E-state index in [2.05, 4.69) is 43.1 Å². The Hall–Kier alpha value is -1.92. The Morgan fingerprint density at radius 2 is 1.68 bits per heavy atom. The summed E-state index contributed by atoms with van der Waals surface area (Å²) < 4.78 is 0. The number of piperidine rings is 1. The minimum absolute atomic E-state index is 0.0198. The summed E-state index contributed by atoms with van der Waals surface area (Å²) in [5.74, 6) is 0.328. The maximum Gasteiger partial charge on any atom is 0.244 e. The van der Waals surface area contributed by atoms with Gasteiger partial charge in [0.1, 0.15) is 6.04 Å². The van der Waals surface area contributed by atoms with Gasteiger partial charge in [0, 0.05) is 32.1 Å². The van der Waals surface area contributed by atoms with Crippen molar-refractivity contribution in [1.82, 2.24) is 20.0 Å². The zero-order valence-corrected chi connectivity index (χ0v) is 20.4. The van der Waals surface area contributed by atoms with Crippen LogP contribution in [0.25, 0.3) is 0 Å². The third-order valence-electron chi connectivity index (χ3n) is 6.18. The van der Waals surface area contributed by atoms with Gasteiger partial charge in [-0.2, -0.15) is 0 Å². The second-order valence-electron chi connectivity index (χ2n) is 9.75. The van der Waals surface area contributed by atoms with Gasteiger partial charge >= 0.3 is 0 Å². The number of likely N-dealkylation sites (tertiary alicyclic amines) is 1. The molecule has 0 aliphatic carbocycles. The van der Waals surface area contributed by atoms with Crippen LogP contribution in [0.2, 0.25) is 0 Å². The van der Waals surface area contributed by atoms with E-state index >= 15 is 0 Å². The number of benzene rings is 1. The molecule has 0 aromatic heterocycles. The van der Waals surface area contributed by atoms with Crippen molar-refractivity contribution in [3.05, 3.63) is 35.9 Å². The summed E-state index contributed by atoms with van der Waals surface area (Å²) >= 11 is 0. The number of hydrogen-bond acceptors (Lipinski definition) is 4. The van der Waals surface area contributed by atoms with Crippen LogP contribution in [0.5, 0.6) is 0 Å². The molecule has 6 nitrogen and oxygen atoms in total. The predicted octanol–water partition coefficient (Wildman–Crippen LogP) is 3.01. The summed E-state index contributed by atoms with van der Waals surface area (Å²) in [5.41, 5.74) is 1.07. The number of hydrogen-bond donors (Lipinski definition) is 1. The zero-order valence-electron chi connectivity index (χ0n) is 20.4. The molecule has 1 atom stereocenters. The Morgan fingerprint density at radius 1 is 1.10 bits per heavy atom. The van der Waals surface area contributed by atoms with E-state index in [1.54, 1.807) is 0 Å². The fourth-order valence-electron chi connectivity index (χ4n) is 4.66. The van der Waals surface area contributed by atoms with E-state index in [-0.39, 0.29) is 29.2 Å². The second kappa shape index (κ2) is 11.6. The van der Waals surface area contributed by atoms with Crippen LogP contribution in [0.1, 0.15) is 52.1 Å². The molecule has 0 radical (unpaired) electrons. The minimum Gasteiger partial charge on any atom is -0.355 e. The largest absolute Gasteiger partial charge is 0.355 e. The van der Waals surface area contributed by atoms with Gasteiger partial charge in [-0.25, -0.2) is 0 Å². The predicted molar refractivity (Wildman–Crippen MR) is 127 cm³/mol. The number of carbonyl (C=O) groups excluding carboxylic acids is 2. The summed E-state index contributed by atoms with van der Waals surface area (Å²) in [6.07, 6.45) is 1.57. The average Bonchev–Trinajstić information content (AvgIpc) is 2.73. The molecule has 1 heterocycles. The first-order valence-electron chi connectivity index (χ1n) is 11.7. The van der Waals surface area contributed by atoms with Crippen LogP contribution in [0.4, 0.5) is 0 Å². The highest BCUT2D eigenvalue weighted by molar-refractivity contribution is 5.83. The zero-order chi connectivity index (χ0) is 23.0. The SMILES string of the molecule is CCN(CC)C(=O)[C@H](c1ccccc1)N1CCC(C(=O)NCC(C)(C)CN(C)C)CC1. The molecule has 2 rings (SSSR count). The number of rotatable bonds is 10. The first-order chi connectivity index (χ1) is 14.7. The van der Waals surface area contributed by atoms with Crippen molar-refractivity contribution in [2.75, 3.05) is 53.4 Å². The molecule has 1 aliphatic rings. The highest BCUT2D eigenvalue weighted by Gasteiger charge is 2.35. The summed E-state index contributed by atoms with van der Waals surface area (Å²) in [7, 11) is 4.11. The molecule has 1 saturated heterocycles. The van der Waals surface area contributed by atoms with Crippen LogP contribution in [-0.4, -0.2) is 79.9 Å². The standard InChI is InChI=1S/C25H42N4O2/c1-7-28(8-2)24(31)22(20-12-10-9-11-13-20)29-16-14-21(15-17-29)23(30)26-18-25(3,4)19-27(5)6/h9-13,21-22H,7-8,14-19H2,1-6H3,(H,26,30)/t22-/m0/s1. The van der Waals surface area contributed by atoms with Gasteiger partial charge in [-0.15, -0.1) is 0 Å². The van der Waals surface area contributed by atoms with E-state index < -0.39 is 0 Å². The maximum absolute atomic E-state index is 13.3. The van der Waals surface area contributed by atoms with Crippen LogP contribution in [0, 0.1) is 11.3 Å². The van der Waals surface area contributed by atoms with E-state index in [1.807, 2.05) is 49.1 Å². The van der Waals surface area contributed by atoms with Crippen LogP contribution in [0.3, 0.4) is 0 Å². The lowest BCUT2D eigenvalue weighted by atomic mass is 9.90. The Morgan fingerprint density at radius 3 is 2.19 bits per heavy atom.